The molecule has 0 spiro atoms. The summed E-state index contributed by atoms with van der Waals surface area (Å²) in [6, 6.07) is 6.92. The maximum Gasteiger partial charge on any atom is 0.270 e. The average molecular weight is 211 g/mol. The molecule has 1 aliphatic heterocycles. The Morgan fingerprint density at radius 1 is 1.33 bits per heavy atom. The minimum Gasteiger partial charge on any atom is -0.310 e. The van der Waals surface area contributed by atoms with Gasteiger partial charge in [-0.25, -0.2) is 8.78 Å². The highest BCUT2D eigenvalue weighted by molar-refractivity contribution is 5.33. The molecule has 1 fully saturated rings. The fourth-order valence-corrected chi connectivity index (χ4v) is 2.15. The minimum absolute atomic E-state index is 0.104. The Kier molecular flexibility index (Phi) is 2.74. The monoisotopic (exact) mass is 211 g/mol. The molecular weight excluding hydrogens is 196 g/mol. The fraction of sp³-hybridized carbons (Fsp3) is 0.500. The first-order valence-electron chi connectivity index (χ1n) is 5.29. The average Bonchev–Trinajstić information content (AvgIpc) is 2.69. The summed E-state index contributed by atoms with van der Waals surface area (Å²) in [7, 11) is 0. The van der Waals surface area contributed by atoms with Crippen molar-refractivity contribution in [1.82, 2.24) is 5.32 Å². The summed E-state index contributed by atoms with van der Waals surface area (Å²) in [5, 5.41) is 3.25. The molecular formula is C12H15F2N. The van der Waals surface area contributed by atoms with Crippen molar-refractivity contribution in [3.8, 4) is 0 Å². The standard InChI is InChI=1S/C12H15F2N/c1-12(13,14)10-6-3-2-5-9(10)11-7-4-8-15-11/h2-3,5-6,11,15H,4,7-8H2,1H3. The second-order valence-electron chi connectivity index (χ2n) is 4.12. The fourth-order valence-electron chi connectivity index (χ4n) is 2.15. The highest BCUT2D eigenvalue weighted by atomic mass is 19.3. The van der Waals surface area contributed by atoms with E-state index in [1.807, 2.05) is 6.07 Å². The third kappa shape index (κ3) is 2.17. The molecule has 15 heavy (non-hydrogen) atoms. The number of nitrogens with one attached hydrogen (secondary N) is 1. The van der Waals surface area contributed by atoms with Crippen LogP contribution >= 0.6 is 0 Å². The Morgan fingerprint density at radius 2 is 2.07 bits per heavy atom. The molecule has 82 valence electrons. The normalized spacial score (nSPS) is 21.9. The predicted octanol–water partition coefficient (Wildman–Crippen LogP) is 3.22. The van der Waals surface area contributed by atoms with Crippen LogP contribution in [0.25, 0.3) is 0 Å². The smallest absolute Gasteiger partial charge is 0.270 e. The van der Waals surface area contributed by atoms with Gasteiger partial charge in [-0.15, -0.1) is 0 Å². The van der Waals surface area contributed by atoms with E-state index in [-0.39, 0.29) is 11.6 Å². The second kappa shape index (κ2) is 3.89. The summed E-state index contributed by atoms with van der Waals surface area (Å²) >= 11 is 0. The highest BCUT2D eigenvalue weighted by Gasteiger charge is 2.30. The second-order valence-corrected chi connectivity index (χ2v) is 4.12. The van der Waals surface area contributed by atoms with Crippen molar-refractivity contribution in [1.29, 1.82) is 0 Å². The zero-order valence-electron chi connectivity index (χ0n) is 8.76. The van der Waals surface area contributed by atoms with Gasteiger partial charge < -0.3 is 5.32 Å². The Morgan fingerprint density at radius 3 is 2.67 bits per heavy atom. The molecule has 1 aromatic rings. The van der Waals surface area contributed by atoms with Crippen molar-refractivity contribution in [2.75, 3.05) is 6.54 Å². The number of hydrogen-bond acceptors (Lipinski definition) is 1. The summed E-state index contributed by atoms with van der Waals surface area (Å²) in [5.74, 6) is -2.75. The predicted molar refractivity (Wildman–Crippen MR) is 56.0 cm³/mol. The number of benzene rings is 1. The number of alkyl halides is 2. The molecule has 0 aliphatic carbocycles. The van der Waals surface area contributed by atoms with Gasteiger partial charge in [-0.1, -0.05) is 24.3 Å². The number of halogens is 2. The van der Waals surface area contributed by atoms with Crippen molar-refractivity contribution in [3.05, 3.63) is 35.4 Å². The van der Waals surface area contributed by atoms with E-state index in [1.54, 1.807) is 12.1 Å². The van der Waals surface area contributed by atoms with E-state index in [0.717, 1.165) is 31.9 Å². The molecule has 0 radical (unpaired) electrons. The lowest BCUT2D eigenvalue weighted by Crippen LogP contribution is -2.18. The summed E-state index contributed by atoms with van der Waals surface area (Å²) in [5.41, 5.74) is 0.909. The summed E-state index contributed by atoms with van der Waals surface area (Å²) in [4.78, 5) is 0. The van der Waals surface area contributed by atoms with Gasteiger partial charge in [0.05, 0.1) is 0 Å². The maximum absolute atomic E-state index is 13.3. The van der Waals surface area contributed by atoms with Crippen molar-refractivity contribution in [2.45, 2.75) is 31.7 Å². The Hall–Kier alpha value is -0.960. The van der Waals surface area contributed by atoms with Gasteiger partial charge in [-0.3, -0.25) is 0 Å². The number of rotatable bonds is 2. The van der Waals surface area contributed by atoms with Crippen LogP contribution in [0.5, 0.6) is 0 Å². The van der Waals surface area contributed by atoms with Crippen molar-refractivity contribution in [2.24, 2.45) is 0 Å². The van der Waals surface area contributed by atoms with Gasteiger partial charge in [-0.05, 0) is 24.9 Å². The van der Waals surface area contributed by atoms with Gasteiger partial charge in [0, 0.05) is 18.5 Å². The molecule has 0 bridgehead atoms. The molecule has 1 aromatic carbocycles. The van der Waals surface area contributed by atoms with Gasteiger partial charge in [0.2, 0.25) is 0 Å². The Labute approximate surface area is 88.5 Å². The van der Waals surface area contributed by atoms with E-state index in [4.69, 9.17) is 0 Å². The van der Waals surface area contributed by atoms with Crippen molar-refractivity contribution < 1.29 is 8.78 Å². The molecule has 1 nitrogen and oxygen atoms in total. The molecule has 2 rings (SSSR count). The van der Waals surface area contributed by atoms with E-state index in [0.29, 0.717) is 0 Å². The topological polar surface area (TPSA) is 12.0 Å². The molecule has 0 amide bonds. The van der Waals surface area contributed by atoms with Gasteiger partial charge in [0.15, 0.2) is 0 Å². The van der Waals surface area contributed by atoms with Crippen LogP contribution in [0.4, 0.5) is 8.78 Å². The highest BCUT2D eigenvalue weighted by Crippen LogP contribution is 2.35. The summed E-state index contributed by atoms with van der Waals surface area (Å²) < 4.78 is 26.7. The Bertz CT molecular complexity index is 338. The third-order valence-corrected chi connectivity index (χ3v) is 2.87. The van der Waals surface area contributed by atoms with E-state index < -0.39 is 5.92 Å². The van der Waals surface area contributed by atoms with E-state index in [9.17, 15) is 8.78 Å². The van der Waals surface area contributed by atoms with Crippen molar-refractivity contribution in [3.63, 3.8) is 0 Å². The molecule has 1 unspecified atom stereocenters. The summed E-state index contributed by atoms with van der Waals surface area (Å²) in [6.07, 6.45) is 2.02. The van der Waals surface area contributed by atoms with Crippen LogP contribution in [-0.2, 0) is 5.92 Å². The molecule has 0 saturated carbocycles. The Balaban J connectivity index is 2.37. The van der Waals surface area contributed by atoms with Crippen LogP contribution in [0.3, 0.4) is 0 Å². The van der Waals surface area contributed by atoms with Crippen LogP contribution in [0.1, 0.15) is 36.9 Å². The lowest BCUT2D eigenvalue weighted by Gasteiger charge is -2.19. The molecule has 1 heterocycles. The quantitative estimate of drug-likeness (QED) is 0.792. The summed E-state index contributed by atoms with van der Waals surface area (Å²) in [6.45, 7) is 1.88. The SMILES string of the molecule is CC(F)(F)c1ccccc1C1CCCN1. The molecule has 1 saturated heterocycles. The van der Waals surface area contributed by atoms with Crippen molar-refractivity contribution >= 4 is 0 Å². The molecule has 3 heteroatoms. The minimum atomic E-state index is -2.75. The molecule has 1 atom stereocenters. The van der Waals surface area contributed by atoms with Crippen LogP contribution in [0.2, 0.25) is 0 Å². The first-order chi connectivity index (χ1) is 7.09. The first kappa shape index (κ1) is 10.6. The molecule has 1 N–H and O–H groups in total. The largest absolute Gasteiger partial charge is 0.310 e. The zero-order valence-corrected chi connectivity index (χ0v) is 8.76. The van der Waals surface area contributed by atoms with Gasteiger partial charge in [0.1, 0.15) is 0 Å². The lowest BCUT2D eigenvalue weighted by molar-refractivity contribution is 0.0161. The zero-order chi connectivity index (χ0) is 10.9. The van der Waals surface area contributed by atoms with Gasteiger partial charge in [0.25, 0.3) is 5.92 Å². The van der Waals surface area contributed by atoms with E-state index >= 15 is 0 Å². The first-order valence-corrected chi connectivity index (χ1v) is 5.29. The van der Waals surface area contributed by atoms with Crippen LogP contribution in [0, 0.1) is 0 Å². The van der Waals surface area contributed by atoms with Gasteiger partial charge >= 0.3 is 0 Å². The van der Waals surface area contributed by atoms with Gasteiger partial charge in [-0.2, -0.15) is 0 Å². The third-order valence-electron chi connectivity index (χ3n) is 2.87. The maximum atomic E-state index is 13.3. The van der Waals surface area contributed by atoms with Crippen LogP contribution in [0.15, 0.2) is 24.3 Å². The molecule has 1 aliphatic rings. The van der Waals surface area contributed by atoms with Crippen LogP contribution in [-0.4, -0.2) is 6.54 Å². The number of hydrogen-bond donors (Lipinski definition) is 1. The van der Waals surface area contributed by atoms with E-state index in [1.165, 1.54) is 6.07 Å². The van der Waals surface area contributed by atoms with E-state index in [2.05, 4.69) is 5.32 Å². The van der Waals surface area contributed by atoms with Crippen LogP contribution < -0.4 is 5.32 Å². The lowest BCUT2D eigenvalue weighted by atomic mass is 9.96. The molecule has 0 aromatic heterocycles.